The summed E-state index contributed by atoms with van der Waals surface area (Å²) >= 11 is 7.94. The number of amidine groups is 1. The Labute approximate surface area is 234 Å². The van der Waals surface area contributed by atoms with Crippen molar-refractivity contribution in [3.05, 3.63) is 116 Å². The number of furan rings is 1. The Bertz CT molecular complexity index is 1520. The van der Waals surface area contributed by atoms with E-state index in [4.69, 9.17) is 4.42 Å². The normalized spacial score (nSPS) is 15.9. The lowest BCUT2D eigenvalue weighted by Crippen LogP contribution is -2.28. The average molecular weight is 637 g/mol. The first-order chi connectivity index (χ1) is 18.0. The number of benzene rings is 3. The molecule has 0 radical (unpaired) electrons. The summed E-state index contributed by atoms with van der Waals surface area (Å²) < 4.78 is 6.74. The van der Waals surface area contributed by atoms with Gasteiger partial charge in [-0.15, -0.1) is 5.10 Å². The first-order valence-electron chi connectivity index (χ1n) is 11.2. The second-order valence-electron chi connectivity index (χ2n) is 8.02. The van der Waals surface area contributed by atoms with Gasteiger partial charge in [-0.05, 0) is 74.7 Å². The highest BCUT2D eigenvalue weighted by molar-refractivity contribution is 9.11. The lowest BCUT2D eigenvalue weighted by Gasteiger charge is -2.12. The molecule has 1 aliphatic rings. The van der Waals surface area contributed by atoms with E-state index in [9.17, 15) is 9.90 Å². The van der Waals surface area contributed by atoms with Crippen LogP contribution in [0.4, 0.5) is 0 Å². The Morgan fingerprint density at radius 1 is 0.973 bits per heavy atom. The van der Waals surface area contributed by atoms with Crippen LogP contribution in [0.5, 0.6) is 5.75 Å². The molecule has 0 unspecified atom stereocenters. The van der Waals surface area contributed by atoms with E-state index in [1.54, 1.807) is 42.8 Å². The Morgan fingerprint density at radius 3 is 2.46 bits per heavy atom. The third-order valence-corrected chi connectivity index (χ3v) is 7.55. The summed E-state index contributed by atoms with van der Waals surface area (Å²) in [5.41, 5.74) is 3.64. The Balaban J connectivity index is 1.41. The molecule has 1 aromatic heterocycles. The Kier molecular flexibility index (Phi) is 7.73. The van der Waals surface area contributed by atoms with Crippen LogP contribution < -0.4 is 0 Å². The summed E-state index contributed by atoms with van der Waals surface area (Å²) in [4.78, 5) is 15.2. The van der Waals surface area contributed by atoms with Crippen LogP contribution in [0.3, 0.4) is 0 Å². The molecule has 0 spiro atoms. The van der Waals surface area contributed by atoms with E-state index in [1.165, 1.54) is 16.7 Å². The number of halogens is 2. The van der Waals surface area contributed by atoms with Crippen LogP contribution in [-0.2, 0) is 11.3 Å². The number of carbonyl (C=O) groups excluding carboxylic acids is 1. The molecule has 3 aromatic carbocycles. The first kappa shape index (κ1) is 25.3. The molecular formula is C28H19Br2N3O3S. The van der Waals surface area contributed by atoms with Gasteiger partial charge < -0.3 is 9.52 Å². The van der Waals surface area contributed by atoms with E-state index in [0.717, 1.165) is 21.2 Å². The van der Waals surface area contributed by atoms with Crippen molar-refractivity contribution in [2.45, 2.75) is 6.54 Å². The molecule has 1 fully saturated rings. The molecule has 1 N–H and O–H groups in total. The zero-order valence-electron chi connectivity index (χ0n) is 19.2. The molecule has 2 heterocycles. The zero-order valence-corrected chi connectivity index (χ0v) is 23.2. The van der Waals surface area contributed by atoms with Crippen molar-refractivity contribution in [3.63, 3.8) is 0 Å². The molecule has 1 amide bonds. The van der Waals surface area contributed by atoms with Crippen LogP contribution >= 0.6 is 43.6 Å². The molecule has 0 saturated carbocycles. The molecule has 184 valence electrons. The predicted octanol–water partition coefficient (Wildman–Crippen LogP) is 7.68. The number of phenolic OH excluding ortho intramolecular Hbond substituents is 1. The van der Waals surface area contributed by atoms with Crippen molar-refractivity contribution in [3.8, 4) is 16.9 Å². The fourth-order valence-electron chi connectivity index (χ4n) is 3.65. The number of rotatable bonds is 6. The third kappa shape index (κ3) is 5.95. The topological polar surface area (TPSA) is 78.4 Å². The number of nitrogens with zero attached hydrogens (tertiary/aromatic N) is 3. The minimum atomic E-state index is -0.252. The second-order valence-corrected chi connectivity index (χ2v) is 10.8. The molecule has 9 heteroatoms. The van der Waals surface area contributed by atoms with E-state index >= 15 is 0 Å². The van der Waals surface area contributed by atoms with Gasteiger partial charge in [0, 0.05) is 10.0 Å². The SMILES string of the molecule is O=C1/C(=C/c2cc(Br)cc(Br)c2O)S/C(=N/N=C\c2ccc(-c3ccccc3)cc2)N1Cc1ccco1. The average Bonchev–Trinajstić information content (AvgIpc) is 3.52. The van der Waals surface area contributed by atoms with Gasteiger partial charge in [-0.25, -0.2) is 0 Å². The first-order valence-corrected chi connectivity index (χ1v) is 13.6. The van der Waals surface area contributed by atoms with Gasteiger partial charge in [0.05, 0.1) is 28.4 Å². The number of thioether (sulfide) groups is 1. The van der Waals surface area contributed by atoms with Crippen molar-refractivity contribution in [1.29, 1.82) is 0 Å². The van der Waals surface area contributed by atoms with Crippen LogP contribution in [0.15, 0.2) is 114 Å². The van der Waals surface area contributed by atoms with Gasteiger partial charge in [-0.1, -0.05) is 70.5 Å². The van der Waals surface area contributed by atoms with Crippen LogP contribution in [0.2, 0.25) is 0 Å². The van der Waals surface area contributed by atoms with Gasteiger partial charge in [-0.3, -0.25) is 9.69 Å². The number of aromatic hydroxyl groups is 1. The summed E-state index contributed by atoms with van der Waals surface area (Å²) in [6, 6.07) is 25.2. The van der Waals surface area contributed by atoms with Crippen LogP contribution in [0.1, 0.15) is 16.9 Å². The largest absolute Gasteiger partial charge is 0.506 e. The van der Waals surface area contributed by atoms with Crippen LogP contribution in [0, 0.1) is 0 Å². The Hall–Kier alpha value is -3.40. The van der Waals surface area contributed by atoms with Crippen molar-refractivity contribution >= 4 is 67.0 Å². The maximum atomic E-state index is 13.3. The van der Waals surface area contributed by atoms with Gasteiger partial charge >= 0.3 is 0 Å². The number of hydrogen-bond acceptors (Lipinski definition) is 6. The lowest BCUT2D eigenvalue weighted by atomic mass is 10.0. The predicted molar refractivity (Wildman–Crippen MR) is 155 cm³/mol. The summed E-state index contributed by atoms with van der Waals surface area (Å²) in [5, 5.41) is 19.5. The van der Waals surface area contributed by atoms with Gasteiger partial charge in [0.15, 0.2) is 5.17 Å². The van der Waals surface area contributed by atoms with E-state index in [2.05, 4.69) is 54.2 Å². The number of amides is 1. The highest BCUT2D eigenvalue weighted by atomic mass is 79.9. The zero-order chi connectivity index (χ0) is 25.8. The lowest BCUT2D eigenvalue weighted by molar-refractivity contribution is -0.122. The van der Waals surface area contributed by atoms with Gasteiger partial charge in [0.1, 0.15) is 11.5 Å². The van der Waals surface area contributed by atoms with E-state index in [-0.39, 0.29) is 18.2 Å². The van der Waals surface area contributed by atoms with Gasteiger partial charge in [0.2, 0.25) is 0 Å². The van der Waals surface area contributed by atoms with E-state index in [1.807, 2.05) is 42.5 Å². The molecule has 6 nitrogen and oxygen atoms in total. The third-order valence-electron chi connectivity index (χ3n) is 5.49. The number of hydrogen-bond donors (Lipinski definition) is 1. The minimum absolute atomic E-state index is 0.0454. The summed E-state index contributed by atoms with van der Waals surface area (Å²) in [6.07, 6.45) is 4.85. The summed E-state index contributed by atoms with van der Waals surface area (Å²) in [6.45, 7) is 0.213. The summed E-state index contributed by atoms with van der Waals surface area (Å²) in [5.74, 6) is 0.415. The molecule has 0 aliphatic carbocycles. The maximum absolute atomic E-state index is 13.3. The highest BCUT2D eigenvalue weighted by Crippen LogP contribution is 2.38. The van der Waals surface area contributed by atoms with Crippen molar-refractivity contribution in [2.24, 2.45) is 10.2 Å². The van der Waals surface area contributed by atoms with Crippen LogP contribution in [0.25, 0.3) is 17.2 Å². The molecule has 0 bridgehead atoms. The Morgan fingerprint density at radius 2 is 1.73 bits per heavy atom. The van der Waals surface area contributed by atoms with Crippen LogP contribution in [-0.4, -0.2) is 27.3 Å². The minimum Gasteiger partial charge on any atom is -0.506 e. The molecule has 5 rings (SSSR count). The van der Waals surface area contributed by atoms with E-state index in [0.29, 0.717) is 25.9 Å². The number of carbonyl (C=O) groups is 1. The maximum Gasteiger partial charge on any atom is 0.267 e. The molecule has 1 aliphatic heterocycles. The fourth-order valence-corrected chi connectivity index (χ4v) is 5.84. The molecule has 4 aromatic rings. The standard InChI is InChI=1S/C28H19Br2N3O3S/c29-22-13-21(26(34)24(30)15-22)14-25-27(35)33(17-23-7-4-12-36-23)28(37-25)32-31-16-18-8-10-20(11-9-18)19-5-2-1-3-6-19/h1-16,34H,17H2/b25-14-,31-16-,32-28+. The second kappa shape index (κ2) is 11.3. The van der Waals surface area contributed by atoms with Crippen molar-refractivity contribution < 1.29 is 14.3 Å². The smallest absolute Gasteiger partial charge is 0.267 e. The fraction of sp³-hybridized carbons (Fsp3) is 0.0357. The van der Waals surface area contributed by atoms with Gasteiger partial charge in [-0.2, -0.15) is 5.10 Å². The molecule has 0 atom stereocenters. The van der Waals surface area contributed by atoms with E-state index < -0.39 is 0 Å². The summed E-state index contributed by atoms with van der Waals surface area (Å²) in [7, 11) is 0. The quantitative estimate of drug-likeness (QED) is 0.134. The molecule has 37 heavy (non-hydrogen) atoms. The van der Waals surface area contributed by atoms with Crippen molar-refractivity contribution in [1.82, 2.24) is 4.90 Å². The van der Waals surface area contributed by atoms with Gasteiger partial charge in [0.25, 0.3) is 5.91 Å². The number of phenols is 1. The monoisotopic (exact) mass is 635 g/mol. The highest BCUT2D eigenvalue weighted by Gasteiger charge is 2.34. The van der Waals surface area contributed by atoms with Crippen molar-refractivity contribution in [2.75, 3.05) is 0 Å². The molecular weight excluding hydrogens is 618 g/mol. The molecule has 1 saturated heterocycles.